The predicted molar refractivity (Wildman–Crippen MR) is 80.3 cm³/mol. The van der Waals surface area contributed by atoms with Gasteiger partial charge in [0, 0.05) is 12.1 Å². The van der Waals surface area contributed by atoms with Crippen molar-refractivity contribution in [3.8, 4) is 0 Å². The molecule has 0 atom stereocenters. The minimum atomic E-state index is -3.71. The highest BCUT2D eigenvalue weighted by atomic mass is 32.2. The summed E-state index contributed by atoms with van der Waals surface area (Å²) in [6.45, 7) is 0.0703. The Labute approximate surface area is 128 Å². The number of nitrogens with two attached hydrogens (primary N) is 1. The Hall–Kier alpha value is -2.25. The van der Waals surface area contributed by atoms with Crippen molar-refractivity contribution in [2.45, 2.75) is 11.3 Å². The summed E-state index contributed by atoms with van der Waals surface area (Å²) in [6.07, 6.45) is 0.241. The van der Waals surface area contributed by atoms with Crippen LogP contribution in [-0.2, 0) is 16.4 Å². The zero-order chi connectivity index (χ0) is 16.2. The summed E-state index contributed by atoms with van der Waals surface area (Å²) in [5, 5.41) is 0. The number of hydrogen-bond donors (Lipinski definition) is 2. The second-order valence-electron chi connectivity index (χ2n) is 4.63. The van der Waals surface area contributed by atoms with E-state index < -0.39 is 15.9 Å². The standard InChI is InChI=1S/C15H15FN2O3S/c16-14-4-2-1-3-11(14)9-10-18-22(20,21)13-7-5-12(6-8-13)15(17)19/h1-8,18H,9-10H2,(H2,17,19). The lowest BCUT2D eigenvalue weighted by Crippen LogP contribution is -2.26. The Kier molecular flexibility index (Phi) is 4.89. The van der Waals surface area contributed by atoms with E-state index in [1.54, 1.807) is 18.2 Å². The van der Waals surface area contributed by atoms with Crippen molar-refractivity contribution in [1.82, 2.24) is 4.72 Å². The smallest absolute Gasteiger partial charge is 0.248 e. The van der Waals surface area contributed by atoms with Crippen LogP contribution in [-0.4, -0.2) is 20.9 Å². The maximum atomic E-state index is 13.4. The van der Waals surface area contributed by atoms with E-state index >= 15 is 0 Å². The highest BCUT2D eigenvalue weighted by Crippen LogP contribution is 2.11. The first kappa shape index (κ1) is 16.1. The molecule has 5 nitrogen and oxygen atoms in total. The Morgan fingerprint density at radius 2 is 1.73 bits per heavy atom. The summed E-state index contributed by atoms with van der Waals surface area (Å²) in [4.78, 5) is 11.0. The van der Waals surface area contributed by atoms with E-state index in [-0.39, 0.29) is 29.2 Å². The van der Waals surface area contributed by atoms with Crippen LogP contribution in [0.1, 0.15) is 15.9 Å². The van der Waals surface area contributed by atoms with Gasteiger partial charge in [-0.1, -0.05) is 18.2 Å². The molecule has 116 valence electrons. The number of benzene rings is 2. The summed E-state index contributed by atoms with van der Waals surface area (Å²) < 4.78 is 40.0. The zero-order valence-electron chi connectivity index (χ0n) is 11.6. The molecule has 0 spiro atoms. The summed E-state index contributed by atoms with van der Waals surface area (Å²) in [7, 11) is -3.71. The fourth-order valence-corrected chi connectivity index (χ4v) is 2.93. The molecule has 0 aliphatic heterocycles. The molecule has 0 aliphatic carbocycles. The lowest BCUT2D eigenvalue weighted by atomic mass is 10.1. The van der Waals surface area contributed by atoms with E-state index in [2.05, 4.69) is 4.72 Å². The molecule has 0 unspecified atom stereocenters. The van der Waals surface area contributed by atoms with Gasteiger partial charge in [0.05, 0.1) is 4.90 Å². The lowest BCUT2D eigenvalue weighted by molar-refractivity contribution is 0.1000. The van der Waals surface area contributed by atoms with Crippen molar-refractivity contribution in [3.63, 3.8) is 0 Å². The Morgan fingerprint density at radius 1 is 1.09 bits per heavy atom. The Morgan fingerprint density at radius 3 is 2.32 bits per heavy atom. The summed E-state index contributed by atoms with van der Waals surface area (Å²) in [5.74, 6) is -0.996. The topological polar surface area (TPSA) is 89.3 Å². The number of amides is 1. The van der Waals surface area contributed by atoms with Crippen LogP contribution < -0.4 is 10.5 Å². The molecule has 1 amide bonds. The van der Waals surface area contributed by atoms with E-state index in [0.29, 0.717) is 5.56 Å². The van der Waals surface area contributed by atoms with Gasteiger partial charge >= 0.3 is 0 Å². The SMILES string of the molecule is NC(=O)c1ccc(S(=O)(=O)NCCc2ccccc2F)cc1. The van der Waals surface area contributed by atoms with Gasteiger partial charge in [-0.3, -0.25) is 4.79 Å². The van der Waals surface area contributed by atoms with Gasteiger partial charge < -0.3 is 5.73 Å². The molecule has 0 heterocycles. The van der Waals surface area contributed by atoms with Crippen molar-refractivity contribution in [2.24, 2.45) is 5.73 Å². The first-order valence-corrected chi connectivity index (χ1v) is 8.01. The number of primary amides is 1. The molecular formula is C15H15FN2O3S. The number of halogens is 1. The number of hydrogen-bond acceptors (Lipinski definition) is 3. The molecule has 0 aliphatic rings. The molecular weight excluding hydrogens is 307 g/mol. The van der Waals surface area contributed by atoms with Crippen LogP contribution in [0.5, 0.6) is 0 Å². The fraction of sp³-hybridized carbons (Fsp3) is 0.133. The van der Waals surface area contributed by atoms with Gasteiger partial charge in [-0.25, -0.2) is 17.5 Å². The minimum Gasteiger partial charge on any atom is -0.366 e. The third kappa shape index (κ3) is 3.90. The largest absolute Gasteiger partial charge is 0.366 e. The second-order valence-corrected chi connectivity index (χ2v) is 6.39. The maximum absolute atomic E-state index is 13.4. The highest BCUT2D eigenvalue weighted by Gasteiger charge is 2.14. The summed E-state index contributed by atoms with van der Waals surface area (Å²) in [5.41, 5.74) is 5.76. The number of carbonyl (C=O) groups is 1. The first-order chi connectivity index (χ1) is 10.4. The van der Waals surface area contributed by atoms with Crippen molar-refractivity contribution < 1.29 is 17.6 Å². The fourth-order valence-electron chi connectivity index (χ4n) is 1.90. The van der Waals surface area contributed by atoms with Gasteiger partial charge in [-0.15, -0.1) is 0 Å². The van der Waals surface area contributed by atoms with Gasteiger partial charge in [0.25, 0.3) is 0 Å². The van der Waals surface area contributed by atoms with Gasteiger partial charge in [-0.05, 0) is 42.3 Å². The zero-order valence-corrected chi connectivity index (χ0v) is 12.4. The average Bonchev–Trinajstić information content (AvgIpc) is 2.49. The third-order valence-electron chi connectivity index (χ3n) is 3.09. The molecule has 2 aromatic carbocycles. The predicted octanol–water partition coefficient (Wildman–Crippen LogP) is 1.45. The summed E-state index contributed by atoms with van der Waals surface area (Å²) in [6, 6.07) is 11.5. The molecule has 2 rings (SSSR count). The van der Waals surface area contributed by atoms with E-state index in [1.165, 1.54) is 30.3 Å². The van der Waals surface area contributed by atoms with Crippen LogP contribution in [0.4, 0.5) is 4.39 Å². The number of sulfonamides is 1. The Balaban J connectivity index is 2.02. The molecule has 0 saturated carbocycles. The van der Waals surface area contributed by atoms with E-state index in [4.69, 9.17) is 5.73 Å². The van der Waals surface area contributed by atoms with E-state index in [0.717, 1.165) is 0 Å². The van der Waals surface area contributed by atoms with Crippen LogP contribution in [0.25, 0.3) is 0 Å². The Bertz CT molecular complexity index is 774. The van der Waals surface area contributed by atoms with Crippen LogP contribution in [0.2, 0.25) is 0 Å². The monoisotopic (exact) mass is 322 g/mol. The van der Waals surface area contributed by atoms with E-state index in [1.807, 2.05) is 0 Å². The molecule has 0 fully saturated rings. The summed E-state index contributed by atoms with van der Waals surface area (Å²) >= 11 is 0. The second kappa shape index (κ2) is 6.67. The first-order valence-electron chi connectivity index (χ1n) is 6.53. The quantitative estimate of drug-likeness (QED) is 0.843. The third-order valence-corrected chi connectivity index (χ3v) is 4.57. The van der Waals surface area contributed by atoms with Gasteiger partial charge in [-0.2, -0.15) is 0 Å². The molecule has 0 radical (unpaired) electrons. The molecule has 0 aromatic heterocycles. The molecule has 2 aromatic rings. The average molecular weight is 322 g/mol. The number of nitrogens with one attached hydrogen (secondary N) is 1. The van der Waals surface area contributed by atoms with Gasteiger partial charge in [0.15, 0.2) is 0 Å². The van der Waals surface area contributed by atoms with Crippen molar-refractivity contribution in [2.75, 3.05) is 6.54 Å². The van der Waals surface area contributed by atoms with Crippen LogP contribution in [0, 0.1) is 5.82 Å². The van der Waals surface area contributed by atoms with Crippen molar-refractivity contribution in [1.29, 1.82) is 0 Å². The molecule has 0 bridgehead atoms. The number of rotatable bonds is 6. The van der Waals surface area contributed by atoms with Crippen molar-refractivity contribution >= 4 is 15.9 Å². The van der Waals surface area contributed by atoms with Gasteiger partial charge in [0.1, 0.15) is 5.82 Å². The highest BCUT2D eigenvalue weighted by molar-refractivity contribution is 7.89. The number of carbonyl (C=O) groups excluding carboxylic acids is 1. The lowest BCUT2D eigenvalue weighted by Gasteiger charge is -2.08. The minimum absolute atomic E-state index is 0.0195. The van der Waals surface area contributed by atoms with Crippen LogP contribution >= 0.6 is 0 Å². The molecule has 7 heteroatoms. The normalized spacial score (nSPS) is 11.3. The van der Waals surface area contributed by atoms with Crippen LogP contribution in [0.3, 0.4) is 0 Å². The molecule has 3 N–H and O–H groups in total. The maximum Gasteiger partial charge on any atom is 0.248 e. The van der Waals surface area contributed by atoms with Crippen LogP contribution in [0.15, 0.2) is 53.4 Å². The van der Waals surface area contributed by atoms with Crippen molar-refractivity contribution in [3.05, 3.63) is 65.5 Å². The van der Waals surface area contributed by atoms with E-state index in [9.17, 15) is 17.6 Å². The van der Waals surface area contributed by atoms with Gasteiger partial charge in [0.2, 0.25) is 15.9 Å². The molecule has 22 heavy (non-hydrogen) atoms. The molecule has 0 saturated heterocycles.